The summed E-state index contributed by atoms with van der Waals surface area (Å²) in [5.74, 6) is -0.311. The number of benzene rings is 1. The lowest BCUT2D eigenvalue weighted by molar-refractivity contribution is -0.149. The van der Waals surface area contributed by atoms with Crippen LogP contribution in [0.4, 0.5) is 4.79 Å². The molecular formula is C17H25NO4. The zero-order chi connectivity index (χ0) is 16.8. The number of nitrogens with zero attached hydrogens (tertiary/aromatic N) is 1. The molecule has 1 aromatic rings. The Hall–Kier alpha value is -2.04. The van der Waals surface area contributed by atoms with E-state index in [1.165, 1.54) is 4.90 Å². The van der Waals surface area contributed by atoms with Crippen LogP contribution >= 0.6 is 0 Å². The number of aryl methyl sites for hydroxylation is 1. The van der Waals surface area contributed by atoms with Crippen LogP contribution in [0.5, 0.6) is 0 Å². The van der Waals surface area contributed by atoms with Gasteiger partial charge in [0.25, 0.3) is 0 Å². The Balaban J connectivity index is 2.54. The minimum absolute atomic E-state index is 0.142. The molecule has 0 unspecified atom stereocenters. The van der Waals surface area contributed by atoms with Crippen LogP contribution in [0.1, 0.15) is 31.9 Å². The van der Waals surface area contributed by atoms with Crippen molar-refractivity contribution in [2.75, 3.05) is 26.8 Å². The van der Waals surface area contributed by atoms with Crippen molar-refractivity contribution in [2.45, 2.75) is 33.1 Å². The molecule has 1 amide bonds. The highest BCUT2D eigenvalue weighted by atomic mass is 16.6. The maximum Gasteiger partial charge on any atom is 0.409 e. The van der Waals surface area contributed by atoms with Gasteiger partial charge < -0.3 is 14.4 Å². The number of amides is 1. The van der Waals surface area contributed by atoms with Crippen molar-refractivity contribution in [3.63, 3.8) is 0 Å². The van der Waals surface area contributed by atoms with Gasteiger partial charge in [0.1, 0.15) is 6.61 Å². The van der Waals surface area contributed by atoms with Gasteiger partial charge in [0.05, 0.1) is 18.6 Å². The van der Waals surface area contributed by atoms with Gasteiger partial charge in [-0.25, -0.2) is 4.79 Å². The van der Waals surface area contributed by atoms with Crippen molar-refractivity contribution in [1.82, 2.24) is 4.90 Å². The zero-order valence-corrected chi connectivity index (χ0v) is 14.0. The Morgan fingerprint density at radius 3 is 2.27 bits per heavy atom. The van der Waals surface area contributed by atoms with Crippen molar-refractivity contribution >= 4 is 12.1 Å². The molecule has 0 aliphatic rings. The van der Waals surface area contributed by atoms with Crippen LogP contribution in [0.25, 0.3) is 0 Å². The molecule has 22 heavy (non-hydrogen) atoms. The summed E-state index contributed by atoms with van der Waals surface area (Å²) in [6.45, 7) is 8.17. The van der Waals surface area contributed by atoms with Crippen molar-refractivity contribution < 1.29 is 19.1 Å². The molecule has 0 N–H and O–H groups in total. The van der Waals surface area contributed by atoms with E-state index in [4.69, 9.17) is 9.47 Å². The number of carbonyl (C=O) groups is 2. The van der Waals surface area contributed by atoms with E-state index in [9.17, 15) is 9.59 Å². The molecule has 0 heterocycles. The van der Waals surface area contributed by atoms with Crippen LogP contribution in [-0.4, -0.2) is 43.8 Å². The molecule has 5 heteroatoms. The predicted molar refractivity (Wildman–Crippen MR) is 84.8 cm³/mol. The lowest BCUT2D eigenvalue weighted by atomic mass is 9.84. The summed E-state index contributed by atoms with van der Waals surface area (Å²) in [7, 11) is 1.61. The Labute approximate surface area is 132 Å². The number of likely N-dealkylation sites (N-methyl/N-ethyl adjacent to an activating group) is 1. The summed E-state index contributed by atoms with van der Waals surface area (Å²) in [6.07, 6.45) is -0.420. The molecule has 0 saturated heterocycles. The number of hydrogen-bond acceptors (Lipinski definition) is 4. The van der Waals surface area contributed by atoms with Crippen LogP contribution in [0, 0.1) is 6.92 Å². The van der Waals surface area contributed by atoms with Crippen LogP contribution < -0.4 is 0 Å². The lowest BCUT2D eigenvalue weighted by Crippen LogP contribution is -2.35. The second kappa shape index (κ2) is 7.82. The largest absolute Gasteiger partial charge is 0.463 e. The maximum absolute atomic E-state index is 12.3. The van der Waals surface area contributed by atoms with Gasteiger partial charge in [-0.1, -0.05) is 29.8 Å². The van der Waals surface area contributed by atoms with Crippen LogP contribution in [-0.2, 0) is 19.7 Å². The standard InChI is InChI=1S/C17H25NO4/c1-6-21-16(20)18(5)11-12-22-15(19)17(3,4)14-9-7-13(2)8-10-14/h7-10H,6,11-12H2,1-5H3. The first kappa shape index (κ1) is 18.0. The monoisotopic (exact) mass is 307 g/mol. The summed E-state index contributed by atoms with van der Waals surface area (Å²) >= 11 is 0. The average Bonchev–Trinajstić information content (AvgIpc) is 2.47. The smallest absolute Gasteiger partial charge is 0.409 e. The van der Waals surface area contributed by atoms with E-state index in [1.807, 2.05) is 45.0 Å². The summed E-state index contributed by atoms with van der Waals surface area (Å²) in [6, 6.07) is 7.81. The SMILES string of the molecule is CCOC(=O)N(C)CCOC(=O)C(C)(C)c1ccc(C)cc1. The molecule has 1 aromatic carbocycles. The van der Waals surface area contributed by atoms with Gasteiger partial charge in [-0.2, -0.15) is 0 Å². The maximum atomic E-state index is 12.3. The molecule has 0 aliphatic heterocycles. The van der Waals surface area contributed by atoms with Gasteiger partial charge in [-0.3, -0.25) is 4.79 Å². The fraction of sp³-hybridized carbons (Fsp3) is 0.529. The van der Waals surface area contributed by atoms with E-state index < -0.39 is 11.5 Å². The molecule has 0 radical (unpaired) electrons. The summed E-state index contributed by atoms with van der Waals surface area (Å²) in [5, 5.41) is 0. The predicted octanol–water partition coefficient (Wildman–Crippen LogP) is 2.90. The third-order valence-electron chi connectivity index (χ3n) is 3.52. The van der Waals surface area contributed by atoms with Crippen molar-refractivity contribution in [3.8, 4) is 0 Å². The van der Waals surface area contributed by atoms with Gasteiger partial charge >= 0.3 is 12.1 Å². The minimum atomic E-state index is -0.726. The normalized spacial score (nSPS) is 11.0. The van der Waals surface area contributed by atoms with Gasteiger partial charge in [0.2, 0.25) is 0 Å². The summed E-state index contributed by atoms with van der Waals surface area (Å²) < 4.78 is 10.2. The molecule has 0 fully saturated rings. The second-order valence-corrected chi connectivity index (χ2v) is 5.75. The van der Waals surface area contributed by atoms with Gasteiger partial charge in [0.15, 0.2) is 0 Å². The third kappa shape index (κ3) is 4.76. The Morgan fingerprint density at radius 2 is 1.73 bits per heavy atom. The number of hydrogen-bond donors (Lipinski definition) is 0. The van der Waals surface area contributed by atoms with E-state index in [0.717, 1.165) is 11.1 Å². The highest BCUT2D eigenvalue weighted by Crippen LogP contribution is 2.25. The highest BCUT2D eigenvalue weighted by molar-refractivity contribution is 5.82. The number of ether oxygens (including phenoxy) is 2. The molecular weight excluding hydrogens is 282 g/mol. The molecule has 0 spiro atoms. The molecule has 0 saturated carbocycles. The fourth-order valence-corrected chi connectivity index (χ4v) is 1.87. The van der Waals surface area contributed by atoms with Crippen molar-refractivity contribution in [1.29, 1.82) is 0 Å². The Bertz CT molecular complexity index is 508. The number of carbonyl (C=O) groups excluding carboxylic acids is 2. The van der Waals surface area contributed by atoms with Crippen LogP contribution in [0.3, 0.4) is 0 Å². The molecule has 0 aliphatic carbocycles. The Kier molecular flexibility index (Phi) is 6.40. The quantitative estimate of drug-likeness (QED) is 0.758. The summed E-state index contributed by atoms with van der Waals surface area (Å²) in [4.78, 5) is 25.1. The lowest BCUT2D eigenvalue weighted by Gasteiger charge is -2.24. The van der Waals surface area contributed by atoms with Crippen molar-refractivity contribution in [3.05, 3.63) is 35.4 Å². The third-order valence-corrected chi connectivity index (χ3v) is 3.52. The molecule has 0 atom stereocenters. The first-order chi connectivity index (χ1) is 10.3. The van der Waals surface area contributed by atoms with Crippen molar-refractivity contribution in [2.24, 2.45) is 0 Å². The average molecular weight is 307 g/mol. The van der Waals surface area contributed by atoms with Gasteiger partial charge in [-0.15, -0.1) is 0 Å². The molecule has 0 bridgehead atoms. The first-order valence-corrected chi connectivity index (χ1v) is 7.41. The van der Waals surface area contributed by atoms with Crippen LogP contribution in [0.15, 0.2) is 24.3 Å². The number of rotatable bonds is 6. The minimum Gasteiger partial charge on any atom is -0.463 e. The highest BCUT2D eigenvalue weighted by Gasteiger charge is 2.31. The first-order valence-electron chi connectivity index (χ1n) is 7.41. The van der Waals surface area contributed by atoms with E-state index in [-0.39, 0.29) is 12.6 Å². The van der Waals surface area contributed by atoms with E-state index in [1.54, 1.807) is 14.0 Å². The Morgan fingerprint density at radius 1 is 1.14 bits per heavy atom. The van der Waals surface area contributed by atoms with Crippen LogP contribution in [0.2, 0.25) is 0 Å². The number of esters is 1. The summed E-state index contributed by atoms with van der Waals surface area (Å²) in [5.41, 5.74) is 1.32. The van der Waals surface area contributed by atoms with E-state index >= 15 is 0 Å². The topological polar surface area (TPSA) is 55.8 Å². The zero-order valence-electron chi connectivity index (χ0n) is 14.0. The second-order valence-electron chi connectivity index (χ2n) is 5.75. The fourth-order valence-electron chi connectivity index (χ4n) is 1.87. The molecule has 0 aromatic heterocycles. The molecule has 1 rings (SSSR count). The van der Waals surface area contributed by atoms with E-state index in [2.05, 4.69) is 0 Å². The van der Waals surface area contributed by atoms with Gasteiger partial charge in [0, 0.05) is 7.05 Å². The molecule has 122 valence electrons. The van der Waals surface area contributed by atoms with E-state index in [0.29, 0.717) is 13.2 Å². The molecule has 5 nitrogen and oxygen atoms in total. The van der Waals surface area contributed by atoms with Gasteiger partial charge in [-0.05, 0) is 33.3 Å².